The van der Waals surface area contributed by atoms with Crippen molar-refractivity contribution in [3.8, 4) is 0 Å². The van der Waals surface area contributed by atoms with Crippen LogP contribution in [0.15, 0.2) is 128 Å². The molecule has 0 aliphatic rings. The van der Waals surface area contributed by atoms with Gasteiger partial charge in [-0.25, -0.2) is 66.9 Å². The number of Topliss-reactive ketones (excluding diaryl/α,β-unsaturated/α-hetero) is 1. The molecule has 91 heavy (non-hydrogen) atoms. The minimum absolute atomic E-state index is 0. The number of aromatic nitrogens is 4. The number of nitrogens with one attached hydrogen (secondary N) is 4. The van der Waals surface area contributed by atoms with Crippen LogP contribution in [0.25, 0.3) is 0 Å². The molecule has 5 N–H and O–H groups in total. The first-order chi connectivity index (χ1) is 41.8. The quantitative estimate of drug-likeness (QED) is 0.0104. The Labute approximate surface area is 562 Å². The van der Waals surface area contributed by atoms with Gasteiger partial charge >= 0.3 is 35.3 Å². The van der Waals surface area contributed by atoms with Crippen LogP contribution in [0, 0.1) is 51.0 Å². The minimum atomic E-state index is -1.72. The molecule has 0 saturated carbocycles. The number of carbonyl (C=O) groups is 6. The van der Waals surface area contributed by atoms with Crippen LogP contribution in [0.1, 0.15) is 151 Å². The van der Waals surface area contributed by atoms with E-state index in [-0.39, 0.29) is 93.8 Å². The van der Waals surface area contributed by atoms with Crippen molar-refractivity contribution in [3.05, 3.63) is 235 Å². The highest BCUT2D eigenvalue weighted by atomic mass is 35.8. The van der Waals surface area contributed by atoms with Crippen LogP contribution < -0.4 is 0 Å². The molecule has 8 rings (SSSR count). The topological polar surface area (TPSA) is 213 Å². The number of rotatable bonds is 18. The molecule has 496 valence electrons. The largest absolute Gasteiger partial charge is 0.643 e. The van der Waals surface area contributed by atoms with E-state index in [1.54, 1.807) is 83.4 Å². The molecule has 0 radical (unpaired) electrons. The number of ether oxygens (including phenoxy) is 3. The third-order valence-electron chi connectivity index (χ3n) is 12.3. The number of benzene rings is 4. The molecular weight excluding hydrogens is 1320 g/mol. The molecular formula is C66H79AlCl6F4N4O10. The van der Waals surface area contributed by atoms with Gasteiger partial charge in [-0.05, 0) is 196 Å². The lowest BCUT2D eigenvalue weighted by molar-refractivity contribution is -0.111. The molecule has 0 bridgehead atoms. The average molecular weight is 1400 g/mol. The second-order valence-electron chi connectivity index (χ2n) is 18.3. The Hall–Kier alpha value is -6.79. The molecule has 4 aromatic carbocycles. The van der Waals surface area contributed by atoms with E-state index in [9.17, 15) is 46.3 Å². The van der Waals surface area contributed by atoms with Crippen molar-refractivity contribution in [2.45, 2.75) is 109 Å². The Balaban J connectivity index is 0. The number of esters is 3. The Morgan fingerprint density at radius 1 is 0.462 bits per heavy atom. The number of carboxylic acid groups (broad SMARTS) is 1. The number of halogens is 10. The smallest absolute Gasteiger partial charge is 0.477 e. The Morgan fingerprint density at radius 2 is 0.780 bits per heavy atom. The summed E-state index contributed by atoms with van der Waals surface area (Å²) >= 11 is 12.9. The molecule has 0 aliphatic carbocycles. The zero-order chi connectivity index (χ0) is 65.9. The number of hydrogen-bond acceptors (Lipinski definition) is 9. The molecule has 4 heterocycles. The number of aryl methyl sites for hydroxylation is 5. The van der Waals surface area contributed by atoms with Gasteiger partial charge in [0.1, 0.15) is 46.0 Å². The van der Waals surface area contributed by atoms with Gasteiger partial charge in [-0.2, -0.15) is 0 Å². The zero-order valence-electron chi connectivity index (χ0n) is 49.2. The second-order valence-corrected chi connectivity index (χ2v) is 26.0. The Morgan fingerprint density at radius 3 is 1.11 bits per heavy atom. The first-order valence-electron chi connectivity index (χ1n) is 26.9. The molecule has 0 atom stereocenters. The molecule has 0 amide bonds. The van der Waals surface area contributed by atoms with Gasteiger partial charge < -0.3 is 39.3 Å². The lowest BCUT2D eigenvalue weighted by atomic mass is 10.0. The number of carboxylic acids is 1. The first-order valence-corrected chi connectivity index (χ1v) is 33.6. The van der Waals surface area contributed by atoms with E-state index in [1.807, 2.05) is 26.1 Å². The van der Waals surface area contributed by atoms with E-state index in [1.165, 1.54) is 66.9 Å². The molecule has 4 aromatic heterocycles. The summed E-state index contributed by atoms with van der Waals surface area (Å²) in [5, 5.41) is 8.68. The summed E-state index contributed by atoms with van der Waals surface area (Å²) in [4.78, 5) is 79.3. The number of aromatic carboxylic acids is 1. The fraction of sp³-hybridized carbons (Fsp3) is 0.303. The van der Waals surface area contributed by atoms with Crippen molar-refractivity contribution in [3.63, 3.8) is 0 Å². The molecule has 0 fully saturated rings. The molecule has 0 saturated heterocycles. The van der Waals surface area contributed by atoms with Crippen molar-refractivity contribution in [1.29, 1.82) is 0 Å². The predicted molar refractivity (Wildman–Crippen MR) is 360 cm³/mol. The number of alkyl halides is 2. The van der Waals surface area contributed by atoms with Gasteiger partial charge in [0.05, 0.1) is 25.2 Å². The third-order valence-corrected chi connectivity index (χ3v) is 12.4. The summed E-state index contributed by atoms with van der Waals surface area (Å²) in [6.07, 6.45) is 10.2. The van der Waals surface area contributed by atoms with E-state index in [4.69, 9.17) is 84.3 Å². The number of ketones is 1. The van der Waals surface area contributed by atoms with Gasteiger partial charge in [-0.15, -0.1) is 23.2 Å². The highest BCUT2D eigenvalue weighted by Crippen LogP contribution is 2.20. The van der Waals surface area contributed by atoms with Crippen LogP contribution in [0.4, 0.5) is 17.6 Å². The van der Waals surface area contributed by atoms with E-state index >= 15 is 0 Å². The van der Waals surface area contributed by atoms with Crippen molar-refractivity contribution in [2.75, 3.05) is 25.2 Å². The lowest BCUT2D eigenvalue weighted by Crippen LogP contribution is -2.08. The van der Waals surface area contributed by atoms with Crippen LogP contribution >= 0.6 is 65.0 Å². The minimum Gasteiger partial charge on any atom is -0.477 e. The second kappa shape index (κ2) is 47.2. The van der Waals surface area contributed by atoms with Crippen molar-refractivity contribution >= 4 is 111 Å². The van der Waals surface area contributed by atoms with E-state index in [0.29, 0.717) is 41.4 Å². The van der Waals surface area contributed by atoms with Gasteiger partial charge in [0, 0.05) is 43.2 Å². The average Bonchev–Trinajstić information content (AvgIpc) is 1.82. The number of H-pyrrole nitrogens is 4. The SMILES string of the molecule is C.C.C.CCOC(=O)c1[nH]cc(C(=O)Cc2ccc(F)cc2)c1C.CCOC(=O)c1[nH]cc(CCc2ccc(F)cc2)c1C.CCOC(=O)c1[nH]ccc1C.Cc1c(CCc2ccc(F)cc2)c[nH]c1C(=O)O.ClCCl.O=C(Cl)Cc1ccc(F)cc1.[Cl][Al]([Cl])[Cl]. The highest BCUT2D eigenvalue weighted by Gasteiger charge is 2.20. The van der Waals surface area contributed by atoms with E-state index in [0.717, 1.165) is 75.8 Å². The summed E-state index contributed by atoms with van der Waals surface area (Å²) in [6.45, 7) is 13.6. The maximum absolute atomic E-state index is 12.8. The predicted octanol–water partition coefficient (Wildman–Crippen LogP) is 18.1. The number of carbonyl (C=O) groups excluding carboxylic acids is 5. The van der Waals surface area contributed by atoms with Gasteiger partial charge in [-0.3, -0.25) is 9.59 Å². The third kappa shape index (κ3) is 32.9. The van der Waals surface area contributed by atoms with Crippen molar-refractivity contribution in [1.82, 2.24) is 19.9 Å². The number of hydrogen-bond donors (Lipinski definition) is 5. The summed E-state index contributed by atoms with van der Waals surface area (Å²) in [6, 6.07) is 26.1. The fourth-order valence-electron chi connectivity index (χ4n) is 7.81. The summed E-state index contributed by atoms with van der Waals surface area (Å²) in [7, 11) is 14.8. The first kappa shape index (κ1) is 86.3. The summed E-state index contributed by atoms with van der Waals surface area (Å²) in [5.74, 6) is -3.28. The maximum Gasteiger partial charge on any atom is 0.643 e. The van der Waals surface area contributed by atoms with E-state index < -0.39 is 28.6 Å². The molecule has 0 spiro atoms. The monoisotopic (exact) mass is 1400 g/mol. The molecule has 8 aromatic rings. The van der Waals surface area contributed by atoms with Crippen LogP contribution in [0.5, 0.6) is 0 Å². The van der Waals surface area contributed by atoms with Crippen LogP contribution in [-0.4, -0.2) is 96.5 Å². The van der Waals surface area contributed by atoms with Gasteiger partial charge in [0.25, 0.3) is 0 Å². The standard InChI is InChI=1S/C16H16FNO3.C16H18FNO2.C14H14FNO2.C8H6ClFO.C8H11NO2.CH2Cl2.3CH4.Al.3ClH/c1-3-21-16(20)15-10(2)13(9-18-15)14(19)8-11-4-6-12(17)7-5-11;1-3-20-16(19)15-11(2)13(10-18-15)7-4-12-5-8-14(17)9-6-12;1-9-11(8-16-13(9)14(17)18)5-2-10-3-6-12(15)7-4-10;9-8(11)5-6-1-3-7(10)4-2-6;1-3-11-8(10)7-6(2)4-5-9-7;2-1-3;;;;;;;/h4-7,9,18H,3,8H2,1-2H3;5-6,8-10,18H,3-4,7H2,1-2H3;3-4,6-8,16H,2,5H2,1H3,(H,17,18);1-4H,5H2;4-5,9H,3H2,1-2H3;1H2;3*1H4;;3*1H/q;;;;;;;;;+3;;;/p-3. The number of aromatic amines is 4. The van der Waals surface area contributed by atoms with Gasteiger partial charge in [-0.1, -0.05) is 70.8 Å². The van der Waals surface area contributed by atoms with Crippen LogP contribution in [-0.2, 0) is 57.5 Å². The van der Waals surface area contributed by atoms with Gasteiger partial charge in [0.2, 0.25) is 5.24 Å². The van der Waals surface area contributed by atoms with Gasteiger partial charge in [0.15, 0.2) is 5.78 Å². The Bertz CT molecular complexity index is 3410. The fourth-order valence-corrected chi connectivity index (χ4v) is 7.96. The summed E-state index contributed by atoms with van der Waals surface area (Å²) < 4.78 is 65.4. The van der Waals surface area contributed by atoms with Crippen molar-refractivity contribution in [2.24, 2.45) is 0 Å². The van der Waals surface area contributed by atoms with Crippen LogP contribution in [0.2, 0.25) is 0 Å². The summed E-state index contributed by atoms with van der Waals surface area (Å²) in [5.41, 5.74) is 10.8. The zero-order valence-corrected chi connectivity index (χ0v) is 54.9. The normalized spacial score (nSPS) is 9.64. The molecule has 25 heteroatoms. The lowest BCUT2D eigenvalue weighted by Gasteiger charge is -2.03. The highest BCUT2D eigenvalue weighted by molar-refractivity contribution is 7.54. The maximum atomic E-state index is 12.8. The van der Waals surface area contributed by atoms with Crippen molar-refractivity contribution < 1.29 is 65.6 Å². The molecule has 0 aliphatic heterocycles. The Kier molecular flexibility index (Phi) is 44.7. The molecule has 0 unspecified atom stereocenters. The van der Waals surface area contributed by atoms with Crippen LogP contribution in [0.3, 0.4) is 0 Å². The van der Waals surface area contributed by atoms with E-state index in [2.05, 4.69) is 19.9 Å². The molecule has 14 nitrogen and oxygen atoms in total.